The Balaban J connectivity index is 2.58. The van der Waals surface area contributed by atoms with E-state index in [1.807, 2.05) is 13.8 Å². The maximum Gasteiger partial charge on any atom is 0.157 e. The van der Waals surface area contributed by atoms with E-state index in [9.17, 15) is 17.6 Å². The fraction of sp³-hybridized carbons (Fsp3) is 0.500. The van der Waals surface area contributed by atoms with Crippen LogP contribution in [-0.2, 0) is 21.1 Å². The highest BCUT2D eigenvalue weighted by molar-refractivity contribution is 7.92. The van der Waals surface area contributed by atoms with E-state index in [4.69, 9.17) is 0 Å². The molecule has 0 atom stereocenters. The number of carbonyl (C=O) groups excluding carboxylic acids is 1. The van der Waals surface area contributed by atoms with Gasteiger partial charge in [0.05, 0.1) is 5.75 Å². The SMILES string of the molecule is CC(C)CCS(=O)(=O)CC(=O)Cc1ccccc1F. The minimum atomic E-state index is -3.38. The summed E-state index contributed by atoms with van der Waals surface area (Å²) in [6.45, 7) is 3.85. The number of halogens is 1. The summed E-state index contributed by atoms with van der Waals surface area (Å²) in [6, 6.07) is 5.91. The summed E-state index contributed by atoms with van der Waals surface area (Å²) in [5.41, 5.74) is 0.242. The fourth-order valence-corrected chi connectivity index (χ4v) is 3.21. The van der Waals surface area contributed by atoms with Gasteiger partial charge in [-0.25, -0.2) is 12.8 Å². The molecule has 0 aliphatic rings. The van der Waals surface area contributed by atoms with Crippen LogP contribution in [0.4, 0.5) is 4.39 Å². The molecule has 1 rings (SSSR count). The first kappa shape index (κ1) is 15.8. The third kappa shape index (κ3) is 5.96. The van der Waals surface area contributed by atoms with Crippen molar-refractivity contribution < 1.29 is 17.6 Å². The lowest BCUT2D eigenvalue weighted by molar-refractivity contribution is -0.116. The molecule has 0 fully saturated rings. The quantitative estimate of drug-likeness (QED) is 0.773. The summed E-state index contributed by atoms with van der Waals surface area (Å²) >= 11 is 0. The van der Waals surface area contributed by atoms with Crippen LogP contribution in [0.2, 0.25) is 0 Å². The van der Waals surface area contributed by atoms with Gasteiger partial charge in [0.2, 0.25) is 0 Å². The van der Waals surface area contributed by atoms with Gasteiger partial charge in [0.15, 0.2) is 15.6 Å². The molecular formula is C14H19FO3S. The lowest BCUT2D eigenvalue weighted by Crippen LogP contribution is -2.21. The summed E-state index contributed by atoms with van der Waals surface area (Å²) in [6.07, 6.45) is 0.364. The molecule has 0 aliphatic heterocycles. The number of hydrogen-bond donors (Lipinski definition) is 0. The molecule has 0 aromatic heterocycles. The third-order valence-electron chi connectivity index (χ3n) is 2.73. The van der Waals surface area contributed by atoms with Gasteiger partial charge in [-0.15, -0.1) is 0 Å². The summed E-state index contributed by atoms with van der Waals surface area (Å²) in [5.74, 6) is -1.16. The number of hydrogen-bond acceptors (Lipinski definition) is 3. The molecule has 0 aliphatic carbocycles. The number of Topliss-reactive ketones (excluding diaryl/α,β-unsaturated/α-hetero) is 1. The van der Waals surface area contributed by atoms with Gasteiger partial charge >= 0.3 is 0 Å². The summed E-state index contributed by atoms with van der Waals surface area (Å²) in [5, 5.41) is 0. The maximum absolute atomic E-state index is 13.3. The van der Waals surface area contributed by atoms with Gasteiger partial charge < -0.3 is 0 Å². The molecule has 0 spiro atoms. The molecule has 0 amide bonds. The Bertz CT molecular complexity index is 535. The Labute approximate surface area is 113 Å². The van der Waals surface area contributed by atoms with Crippen LogP contribution in [0.3, 0.4) is 0 Å². The van der Waals surface area contributed by atoms with Crippen LogP contribution in [0.25, 0.3) is 0 Å². The highest BCUT2D eigenvalue weighted by Crippen LogP contribution is 2.09. The molecule has 0 unspecified atom stereocenters. The third-order valence-corrected chi connectivity index (χ3v) is 4.35. The number of sulfone groups is 1. The zero-order chi connectivity index (χ0) is 14.5. The van der Waals surface area contributed by atoms with E-state index in [0.717, 1.165) is 0 Å². The van der Waals surface area contributed by atoms with Crippen LogP contribution < -0.4 is 0 Å². The molecule has 19 heavy (non-hydrogen) atoms. The van der Waals surface area contributed by atoms with Crippen molar-refractivity contribution in [3.05, 3.63) is 35.6 Å². The Hall–Kier alpha value is -1.23. The largest absolute Gasteiger partial charge is 0.298 e. The molecule has 106 valence electrons. The number of carbonyl (C=O) groups is 1. The minimum absolute atomic E-state index is 0.00762. The second-order valence-electron chi connectivity index (χ2n) is 5.08. The molecule has 0 saturated heterocycles. The molecule has 0 N–H and O–H groups in total. The minimum Gasteiger partial charge on any atom is -0.298 e. The van der Waals surface area contributed by atoms with Crippen LogP contribution in [0.5, 0.6) is 0 Å². The second kappa shape index (κ2) is 6.80. The van der Waals surface area contributed by atoms with E-state index in [-0.39, 0.29) is 23.7 Å². The first-order valence-corrected chi connectivity index (χ1v) is 8.08. The molecular weight excluding hydrogens is 267 g/mol. The van der Waals surface area contributed by atoms with Crippen molar-refractivity contribution in [2.75, 3.05) is 11.5 Å². The van der Waals surface area contributed by atoms with Gasteiger partial charge in [0.1, 0.15) is 11.6 Å². The van der Waals surface area contributed by atoms with Crippen molar-refractivity contribution in [2.45, 2.75) is 26.7 Å². The van der Waals surface area contributed by atoms with Crippen LogP contribution in [0, 0.1) is 11.7 Å². The number of rotatable bonds is 7. The Morgan fingerprint density at radius 3 is 2.47 bits per heavy atom. The van der Waals surface area contributed by atoms with E-state index < -0.39 is 27.2 Å². The molecule has 1 aromatic carbocycles. The van der Waals surface area contributed by atoms with Gasteiger partial charge in [0.25, 0.3) is 0 Å². The van der Waals surface area contributed by atoms with Crippen molar-refractivity contribution in [1.82, 2.24) is 0 Å². The van der Waals surface area contributed by atoms with E-state index in [1.54, 1.807) is 6.07 Å². The highest BCUT2D eigenvalue weighted by Gasteiger charge is 2.18. The molecule has 0 saturated carbocycles. The molecule has 0 heterocycles. The summed E-state index contributed by atoms with van der Waals surface area (Å²) in [7, 11) is -3.38. The van der Waals surface area contributed by atoms with E-state index in [0.29, 0.717) is 6.42 Å². The number of benzene rings is 1. The van der Waals surface area contributed by atoms with Crippen LogP contribution in [0.15, 0.2) is 24.3 Å². The molecule has 3 nitrogen and oxygen atoms in total. The van der Waals surface area contributed by atoms with Gasteiger partial charge in [0, 0.05) is 6.42 Å². The first-order chi connectivity index (χ1) is 8.80. The van der Waals surface area contributed by atoms with Crippen molar-refractivity contribution in [3.8, 4) is 0 Å². The van der Waals surface area contributed by atoms with Crippen molar-refractivity contribution >= 4 is 15.6 Å². The average molecular weight is 286 g/mol. The summed E-state index contributed by atoms with van der Waals surface area (Å²) in [4.78, 5) is 11.7. The average Bonchev–Trinajstić information content (AvgIpc) is 2.29. The van der Waals surface area contributed by atoms with Gasteiger partial charge in [-0.3, -0.25) is 4.79 Å². The van der Waals surface area contributed by atoms with Crippen LogP contribution in [-0.4, -0.2) is 25.7 Å². The van der Waals surface area contributed by atoms with E-state index in [1.165, 1.54) is 18.2 Å². The van der Waals surface area contributed by atoms with Crippen LogP contribution in [0.1, 0.15) is 25.8 Å². The predicted octanol–water partition coefficient (Wildman–Crippen LogP) is 2.40. The molecule has 5 heteroatoms. The van der Waals surface area contributed by atoms with Crippen molar-refractivity contribution in [2.24, 2.45) is 5.92 Å². The Morgan fingerprint density at radius 1 is 1.26 bits per heavy atom. The van der Waals surface area contributed by atoms with Gasteiger partial charge in [-0.2, -0.15) is 0 Å². The van der Waals surface area contributed by atoms with Gasteiger partial charge in [-0.05, 0) is 24.0 Å². The highest BCUT2D eigenvalue weighted by atomic mass is 32.2. The number of ketones is 1. The van der Waals surface area contributed by atoms with Crippen molar-refractivity contribution in [1.29, 1.82) is 0 Å². The van der Waals surface area contributed by atoms with E-state index in [2.05, 4.69) is 0 Å². The predicted molar refractivity (Wildman–Crippen MR) is 73.2 cm³/mol. The second-order valence-corrected chi connectivity index (χ2v) is 7.27. The lowest BCUT2D eigenvalue weighted by atomic mass is 10.1. The fourth-order valence-electron chi connectivity index (χ4n) is 1.64. The van der Waals surface area contributed by atoms with Crippen LogP contribution >= 0.6 is 0 Å². The van der Waals surface area contributed by atoms with Gasteiger partial charge in [-0.1, -0.05) is 32.0 Å². The molecule has 1 aromatic rings. The smallest absolute Gasteiger partial charge is 0.157 e. The van der Waals surface area contributed by atoms with Crippen molar-refractivity contribution in [3.63, 3.8) is 0 Å². The first-order valence-electron chi connectivity index (χ1n) is 6.25. The topological polar surface area (TPSA) is 51.2 Å². The Kier molecular flexibility index (Phi) is 5.66. The molecule has 0 radical (unpaired) electrons. The lowest BCUT2D eigenvalue weighted by Gasteiger charge is -2.06. The standard InChI is InChI=1S/C14H19FO3S/c1-11(2)7-8-19(17,18)10-13(16)9-12-5-3-4-6-14(12)15/h3-6,11H,7-10H2,1-2H3. The normalized spacial score (nSPS) is 11.8. The zero-order valence-corrected chi connectivity index (χ0v) is 12.0. The maximum atomic E-state index is 13.3. The Morgan fingerprint density at radius 2 is 1.89 bits per heavy atom. The summed E-state index contributed by atoms with van der Waals surface area (Å²) < 4.78 is 36.7. The monoisotopic (exact) mass is 286 g/mol. The van der Waals surface area contributed by atoms with E-state index >= 15 is 0 Å². The zero-order valence-electron chi connectivity index (χ0n) is 11.2. The molecule has 0 bridgehead atoms.